The van der Waals surface area contributed by atoms with E-state index < -0.39 is 22.3 Å². The summed E-state index contributed by atoms with van der Waals surface area (Å²) < 4.78 is 20.9. The zero-order chi connectivity index (χ0) is 26.8. The molecule has 2 aliphatic heterocycles. The maximum absolute atomic E-state index is 13.6. The van der Waals surface area contributed by atoms with Crippen molar-refractivity contribution in [3.05, 3.63) is 29.3 Å². The summed E-state index contributed by atoms with van der Waals surface area (Å²) in [6.07, 6.45) is 2.26. The lowest BCUT2D eigenvalue weighted by atomic mass is 9.86. The molecule has 2 aliphatic rings. The van der Waals surface area contributed by atoms with E-state index in [0.717, 1.165) is 52.4 Å². The predicted octanol–water partition coefficient (Wildman–Crippen LogP) is 1.57. The van der Waals surface area contributed by atoms with Crippen molar-refractivity contribution in [2.45, 2.75) is 29.1 Å². The number of rotatable bonds is 10. The third kappa shape index (κ3) is 5.62. The van der Waals surface area contributed by atoms with Crippen molar-refractivity contribution >= 4 is 55.5 Å². The average molecular weight is 572 g/mol. The number of hydrogen-bond donors (Lipinski definition) is 2. The first-order chi connectivity index (χ1) is 17.7. The minimum Gasteiger partial charge on any atom is -0.387 e. The van der Waals surface area contributed by atoms with Gasteiger partial charge in [-0.25, -0.2) is 8.51 Å². The average Bonchev–Trinajstić information content (AvgIpc) is 3.35. The summed E-state index contributed by atoms with van der Waals surface area (Å²) in [5, 5.41) is 11.5. The van der Waals surface area contributed by atoms with Gasteiger partial charge in [0.25, 0.3) is 0 Å². The first-order valence-electron chi connectivity index (χ1n) is 12.1. The molecule has 2 aromatic rings. The van der Waals surface area contributed by atoms with Gasteiger partial charge in [0.05, 0.1) is 18.2 Å². The van der Waals surface area contributed by atoms with Gasteiger partial charge in [0, 0.05) is 65.5 Å². The van der Waals surface area contributed by atoms with E-state index in [9.17, 15) is 18.9 Å². The molecular formula is C24H34ClN5O5S2. The number of fused-ring (bicyclic) bond motifs is 1. The van der Waals surface area contributed by atoms with Crippen LogP contribution in [-0.2, 0) is 24.3 Å². The van der Waals surface area contributed by atoms with E-state index in [4.69, 9.17) is 16.3 Å². The molecule has 3 heterocycles. The van der Waals surface area contributed by atoms with Crippen molar-refractivity contribution in [2.24, 2.45) is 0 Å². The first kappa shape index (κ1) is 28.5. The summed E-state index contributed by atoms with van der Waals surface area (Å²) in [6, 6.07) is 7.42. The number of carbonyl (C=O) groups excluding carboxylic acids is 2. The molecule has 1 spiro atoms. The number of aliphatic hydroxyl groups excluding tert-OH is 1. The number of halogens is 1. The SMILES string of the molecule is COCC1(CN(CC=O)S(=O)Sc2cc3cc(Cl)ccc3[nH]2)N(C)CC2(CCN(C(=O)CO)CC2)N1C. The summed E-state index contributed by atoms with van der Waals surface area (Å²) in [4.78, 5) is 33.1. The molecule has 2 unspecified atom stereocenters. The van der Waals surface area contributed by atoms with Crippen LogP contribution in [-0.4, -0.2) is 124 Å². The molecule has 10 nitrogen and oxygen atoms in total. The molecule has 0 bridgehead atoms. The molecule has 2 N–H and O–H groups in total. The molecule has 13 heteroatoms. The van der Waals surface area contributed by atoms with E-state index in [1.807, 2.05) is 32.3 Å². The van der Waals surface area contributed by atoms with Gasteiger partial charge in [0.15, 0.2) is 10.0 Å². The number of piperidine rings is 1. The van der Waals surface area contributed by atoms with Gasteiger partial charge < -0.3 is 24.5 Å². The Bertz CT molecular complexity index is 1160. The van der Waals surface area contributed by atoms with Gasteiger partial charge in [-0.15, -0.1) is 0 Å². The number of aliphatic hydroxyl groups is 1. The highest BCUT2D eigenvalue weighted by molar-refractivity contribution is 8.68. The van der Waals surface area contributed by atoms with Crippen LogP contribution in [0.3, 0.4) is 0 Å². The number of nitrogens with zero attached hydrogens (tertiary/aromatic N) is 4. The standard InChI is InChI=1S/C24H34ClN5O5S2/c1-27-15-23(6-8-29(9-7-23)22(33)14-32)28(2)24(27,17-35-3)16-30(10-11-31)37(34)36-21-13-18-12-19(25)4-5-20(18)26-21/h4-5,11-13,26,32H,6-10,14-17H2,1-3H3. The van der Waals surface area contributed by atoms with E-state index in [-0.39, 0.29) is 18.0 Å². The highest BCUT2D eigenvalue weighted by Crippen LogP contribution is 2.43. The Morgan fingerprint density at radius 3 is 2.70 bits per heavy atom. The van der Waals surface area contributed by atoms with Crippen molar-refractivity contribution in [3.8, 4) is 0 Å². The number of aromatic amines is 1. The van der Waals surface area contributed by atoms with Gasteiger partial charge in [-0.2, -0.15) is 0 Å². The number of aromatic nitrogens is 1. The molecule has 0 radical (unpaired) electrons. The highest BCUT2D eigenvalue weighted by atomic mass is 35.5. The zero-order valence-corrected chi connectivity index (χ0v) is 23.7. The van der Waals surface area contributed by atoms with Crippen LogP contribution in [0.25, 0.3) is 10.9 Å². The maximum Gasteiger partial charge on any atom is 0.248 e. The van der Waals surface area contributed by atoms with Crippen molar-refractivity contribution in [2.75, 3.05) is 67.1 Å². The van der Waals surface area contributed by atoms with E-state index in [1.165, 1.54) is 0 Å². The highest BCUT2D eigenvalue weighted by Gasteiger charge is 2.58. The summed E-state index contributed by atoms with van der Waals surface area (Å²) in [6.45, 7) is 2.05. The molecule has 1 aromatic carbocycles. The van der Waals surface area contributed by atoms with Gasteiger partial charge in [0.1, 0.15) is 18.6 Å². The molecule has 1 aromatic heterocycles. The number of likely N-dealkylation sites (N-methyl/N-ethyl adjacent to an activating group) is 2. The molecule has 2 atom stereocenters. The topological polar surface area (TPSA) is 109 Å². The first-order valence-corrected chi connectivity index (χ1v) is 14.9. The fraction of sp³-hybridized carbons (Fsp3) is 0.583. The fourth-order valence-corrected chi connectivity index (χ4v) is 8.31. The second-order valence-corrected chi connectivity index (χ2v) is 13.1. The lowest BCUT2D eigenvalue weighted by Crippen LogP contribution is -2.64. The Hall–Kier alpha value is -1.51. The lowest BCUT2D eigenvalue weighted by molar-refractivity contribution is -0.137. The lowest BCUT2D eigenvalue weighted by Gasteiger charge is -2.48. The molecule has 0 aliphatic carbocycles. The Morgan fingerprint density at radius 1 is 1.32 bits per heavy atom. The summed E-state index contributed by atoms with van der Waals surface area (Å²) >= 11 is 6.11. The van der Waals surface area contributed by atoms with Crippen molar-refractivity contribution in [3.63, 3.8) is 0 Å². The summed E-state index contributed by atoms with van der Waals surface area (Å²) in [7, 11) is 5.30. The molecule has 4 rings (SSSR count). The Labute approximate surface area is 228 Å². The molecular weight excluding hydrogens is 538 g/mol. The number of hydrogen-bond acceptors (Lipinski definition) is 8. The summed E-state index contributed by atoms with van der Waals surface area (Å²) in [5.74, 6) is -0.254. The quantitative estimate of drug-likeness (QED) is 0.327. The summed E-state index contributed by atoms with van der Waals surface area (Å²) in [5.41, 5.74) is 0.0488. The van der Waals surface area contributed by atoms with Gasteiger partial charge >= 0.3 is 0 Å². The minimum atomic E-state index is -1.56. The van der Waals surface area contributed by atoms with E-state index in [0.29, 0.717) is 31.3 Å². The van der Waals surface area contributed by atoms with Crippen LogP contribution >= 0.6 is 22.4 Å². The van der Waals surface area contributed by atoms with Crippen LogP contribution in [0.1, 0.15) is 12.8 Å². The third-order valence-corrected chi connectivity index (χ3v) is 10.8. The Kier molecular flexibility index (Phi) is 9.01. The van der Waals surface area contributed by atoms with Crippen molar-refractivity contribution in [1.29, 1.82) is 0 Å². The fourth-order valence-electron chi connectivity index (χ4n) is 5.66. The number of benzene rings is 1. The van der Waals surface area contributed by atoms with Crippen molar-refractivity contribution < 1.29 is 23.6 Å². The molecule has 204 valence electrons. The normalized spacial score (nSPS) is 23.4. The van der Waals surface area contributed by atoms with E-state index in [2.05, 4.69) is 14.8 Å². The largest absolute Gasteiger partial charge is 0.387 e. The minimum absolute atomic E-state index is 0.00456. The van der Waals surface area contributed by atoms with Crippen LogP contribution < -0.4 is 0 Å². The number of carbonyl (C=O) groups is 2. The third-order valence-electron chi connectivity index (χ3n) is 7.77. The second-order valence-electron chi connectivity index (χ2n) is 9.75. The van der Waals surface area contributed by atoms with Crippen LogP contribution in [0.15, 0.2) is 29.3 Å². The van der Waals surface area contributed by atoms with Crippen LogP contribution in [0.4, 0.5) is 0 Å². The number of nitrogens with one attached hydrogen (secondary N) is 1. The monoisotopic (exact) mass is 571 g/mol. The van der Waals surface area contributed by atoms with E-state index in [1.54, 1.807) is 22.4 Å². The Balaban J connectivity index is 1.54. The van der Waals surface area contributed by atoms with Gasteiger partial charge in [-0.1, -0.05) is 11.6 Å². The van der Waals surface area contributed by atoms with Gasteiger partial charge in [-0.05, 0) is 51.2 Å². The number of aldehydes is 1. The van der Waals surface area contributed by atoms with E-state index >= 15 is 0 Å². The molecule has 1 amide bonds. The maximum atomic E-state index is 13.6. The van der Waals surface area contributed by atoms with Gasteiger partial charge in [0.2, 0.25) is 5.91 Å². The van der Waals surface area contributed by atoms with Gasteiger partial charge in [-0.3, -0.25) is 14.6 Å². The van der Waals surface area contributed by atoms with Crippen LogP contribution in [0.5, 0.6) is 0 Å². The number of H-pyrrole nitrogens is 1. The number of likely N-dealkylation sites (tertiary alicyclic amines) is 1. The number of ether oxygens (including phenoxy) is 1. The predicted molar refractivity (Wildman–Crippen MR) is 146 cm³/mol. The van der Waals surface area contributed by atoms with Crippen LogP contribution in [0.2, 0.25) is 5.02 Å². The smallest absolute Gasteiger partial charge is 0.248 e. The molecule has 37 heavy (non-hydrogen) atoms. The van der Waals surface area contributed by atoms with Crippen molar-refractivity contribution in [1.82, 2.24) is 24.0 Å². The van der Waals surface area contributed by atoms with Crippen LogP contribution in [0, 0.1) is 0 Å². The number of methoxy groups -OCH3 is 1. The molecule has 2 fully saturated rings. The Morgan fingerprint density at radius 2 is 2.05 bits per heavy atom. The second kappa shape index (κ2) is 11.7. The zero-order valence-electron chi connectivity index (χ0n) is 21.3. The molecule has 2 saturated heterocycles. The number of amides is 1. The molecule has 0 saturated carbocycles.